The average Bonchev–Trinajstić information content (AvgIpc) is 3.56. The van der Waals surface area contributed by atoms with E-state index in [1.807, 2.05) is 42.5 Å². The Morgan fingerprint density at radius 3 is 2.51 bits per heavy atom. The average molecular weight is 505 g/mol. The summed E-state index contributed by atoms with van der Waals surface area (Å²) in [4.78, 5) is 26.1. The molecular weight excluding hydrogens is 472 g/mol. The SMILES string of the molecule is CCCN(CCN1CC(c2ccc3c(c2)OCO3)C(C(=O)O)C1c1ccc(OC)cc1)c1ncccn1. The second-order valence-electron chi connectivity index (χ2n) is 9.33. The van der Waals surface area contributed by atoms with E-state index in [9.17, 15) is 9.90 Å². The van der Waals surface area contributed by atoms with Crippen LogP contribution in [0, 0.1) is 5.92 Å². The van der Waals surface area contributed by atoms with Gasteiger partial charge in [-0.25, -0.2) is 9.97 Å². The fourth-order valence-electron chi connectivity index (χ4n) is 5.43. The molecule has 9 heteroatoms. The first kappa shape index (κ1) is 24.8. The third-order valence-corrected chi connectivity index (χ3v) is 7.15. The summed E-state index contributed by atoms with van der Waals surface area (Å²) in [5.41, 5.74) is 1.89. The maximum atomic E-state index is 12.8. The van der Waals surface area contributed by atoms with E-state index in [2.05, 4.69) is 26.7 Å². The normalized spacial score (nSPS) is 20.6. The molecule has 1 N–H and O–H groups in total. The lowest BCUT2D eigenvalue weighted by atomic mass is 9.82. The molecule has 5 rings (SSSR count). The van der Waals surface area contributed by atoms with E-state index in [1.165, 1.54) is 0 Å². The van der Waals surface area contributed by atoms with Gasteiger partial charge in [0.15, 0.2) is 11.5 Å². The zero-order valence-electron chi connectivity index (χ0n) is 21.1. The summed E-state index contributed by atoms with van der Waals surface area (Å²) in [6.45, 7) is 5.08. The molecule has 0 aliphatic carbocycles. The van der Waals surface area contributed by atoms with Crippen LogP contribution in [0.1, 0.15) is 36.4 Å². The largest absolute Gasteiger partial charge is 0.497 e. The number of nitrogens with zero attached hydrogens (tertiary/aromatic N) is 4. The molecule has 0 radical (unpaired) electrons. The molecule has 1 saturated heterocycles. The van der Waals surface area contributed by atoms with Crippen molar-refractivity contribution in [2.75, 3.05) is 45.0 Å². The van der Waals surface area contributed by atoms with Crippen LogP contribution in [0.3, 0.4) is 0 Å². The van der Waals surface area contributed by atoms with Crippen LogP contribution in [0.5, 0.6) is 17.2 Å². The number of rotatable bonds is 10. The Kier molecular flexibility index (Phi) is 7.41. The minimum atomic E-state index is -0.817. The predicted octanol–water partition coefficient (Wildman–Crippen LogP) is 3.97. The number of aliphatic carboxylic acids is 1. The first-order valence-electron chi connectivity index (χ1n) is 12.6. The van der Waals surface area contributed by atoms with Crippen molar-refractivity contribution >= 4 is 11.9 Å². The van der Waals surface area contributed by atoms with Crippen molar-refractivity contribution in [1.82, 2.24) is 14.9 Å². The molecule has 194 valence electrons. The van der Waals surface area contributed by atoms with Gasteiger partial charge in [0, 0.05) is 50.5 Å². The lowest BCUT2D eigenvalue weighted by molar-refractivity contribution is -0.143. The molecule has 2 aliphatic rings. The Hall–Kier alpha value is -3.85. The van der Waals surface area contributed by atoms with E-state index in [4.69, 9.17) is 14.2 Å². The maximum absolute atomic E-state index is 12.8. The van der Waals surface area contributed by atoms with Crippen LogP contribution in [0.15, 0.2) is 60.9 Å². The highest BCUT2D eigenvalue weighted by Crippen LogP contribution is 2.47. The van der Waals surface area contributed by atoms with Gasteiger partial charge in [0.05, 0.1) is 13.0 Å². The highest BCUT2D eigenvalue weighted by Gasteiger charge is 2.47. The Balaban J connectivity index is 1.47. The van der Waals surface area contributed by atoms with Crippen LogP contribution < -0.4 is 19.1 Å². The van der Waals surface area contributed by atoms with Gasteiger partial charge < -0.3 is 24.2 Å². The second-order valence-corrected chi connectivity index (χ2v) is 9.33. The quantitative estimate of drug-likeness (QED) is 0.440. The van der Waals surface area contributed by atoms with Gasteiger partial charge in [-0.3, -0.25) is 9.69 Å². The number of hydrogen-bond acceptors (Lipinski definition) is 8. The van der Waals surface area contributed by atoms with E-state index in [-0.39, 0.29) is 18.8 Å². The monoisotopic (exact) mass is 504 g/mol. The number of benzene rings is 2. The molecule has 1 fully saturated rings. The van der Waals surface area contributed by atoms with Gasteiger partial charge in [-0.2, -0.15) is 0 Å². The summed E-state index contributed by atoms with van der Waals surface area (Å²) in [5.74, 6) is 1.11. The molecule has 9 nitrogen and oxygen atoms in total. The van der Waals surface area contributed by atoms with Gasteiger partial charge in [0.1, 0.15) is 5.75 Å². The third-order valence-electron chi connectivity index (χ3n) is 7.15. The summed E-state index contributed by atoms with van der Waals surface area (Å²) in [5, 5.41) is 10.5. The van der Waals surface area contributed by atoms with Gasteiger partial charge in [0.2, 0.25) is 12.7 Å². The van der Waals surface area contributed by atoms with Crippen molar-refractivity contribution in [3.63, 3.8) is 0 Å². The number of anilines is 1. The zero-order chi connectivity index (χ0) is 25.8. The van der Waals surface area contributed by atoms with Crippen molar-refractivity contribution in [3.05, 3.63) is 72.1 Å². The number of methoxy groups -OCH3 is 1. The molecule has 37 heavy (non-hydrogen) atoms. The lowest BCUT2D eigenvalue weighted by Gasteiger charge is -2.30. The summed E-state index contributed by atoms with van der Waals surface area (Å²) in [6.07, 6.45) is 4.45. The van der Waals surface area contributed by atoms with Crippen LogP contribution in [-0.2, 0) is 4.79 Å². The van der Waals surface area contributed by atoms with Crippen molar-refractivity contribution in [2.24, 2.45) is 5.92 Å². The number of aromatic nitrogens is 2. The predicted molar refractivity (Wildman–Crippen MR) is 138 cm³/mol. The Bertz CT molecular complexity index is 1210. The highest BCUT2D eigenvalue weighted by atomic mass is 16.7. The first-order chi connectivity index (χ1) is 18.1. The van der Waals surface area contributed by atoms with Crippen molar-refractivity contribution < 1.29 is 24.1 Å². The summed E-state index contributed by atoms with van der Waals surface area (Å²) in [6, 6.07) is 15.0. The lowest BCUT2D eigenvalue weighted by Crippen LogP contribution is -2.37. The van der Waals surface area contributed by atoms with E-state index in [0.29, 0.717) is 37.1 Å². The number of ether oxygens (including phenoxy) is 3. The summed E-state index contributed by atoms with van der Waals surface area (Å²) >= 11 is 0. The Labute approximate surface area is 216 Å². The van der Waals surface area contributed by atoms with E-state index >= 15 is 0 Å². The molecular formula is C28H32N4O5. The molecule has 0 saturated carbocycles. The molecule has 0 bridgehead atoms. The maximum Gasteiger partial charge on any atom is 0.309 e. The molecule has 0 spiro atoms. The number of carboxylic acids is 1. The third kappa shape index (κ3) is 5.17. The second kappa shape index (κ2) is 11.0. The van der Waals surface area contributed by atoms with E-state index in [0.717, 1.165) is 29.8 Å². The molecule has 3 aromatic rings. The van der Waals surface area contributed by atoms with Crippen LogP contribution in [0.4, 0.5) is 5.95 Å². The van der Waals surface area contributed by atoms with E-state index in [1.54, 1.807) is 25.6 Å². The highest BCUT2D eigenvalue weighted by molar-refractivity contribution is 5.74. The molecule has 3 heterocycles. The zero-order valence-corrected chi connectivity index (χ0v) is 21.1. The molecule has 2 aliphatic heterocycles. The first-order valence-corrected chi connectivity index (χ1v) is 12.6. The van der Waals surface area contributed by atoms with Crippen LogP contribution in [0.25, 0.3) is 0 Å². The summed E-state index contributed by atoms with van der Waals surface area (Å²) in [7, 11) is 1.63. The Morgan fingerprint density at radius 1 is 1.08 bits per heavy atom. The topological polar surface area (TPSA) is 97.3 Å². The smallest absolute Gasteiger partial charge is 0.309 e. The number of carbonyl (C=O) groups is 1. The van der Waals surface area contributed by atoms with Gasteiger partial charge >= 0.3 is 5.97 Å². The number of carboxylic acid groups (broad SMARTS) is 1. The minimum Gasteiger partial charge on any atom is -0.497 e. The molecule has 1 aromatic heterocycles. The van der Waals surface area contributed by atoms with E-state index < -0.39 is 11.9 Å². The Morgan fingerprint density at radius 2 is 1.81 bits per heavy atom. The number of fused-ring (bicyclic) bond motifs is 1. The minimum absolute atomic E-state index is 0.182. The van der Waals surface area contributed by atoms with Gasteiger partial charge in [-0.15, -0.1) is 0 Å². The van der Waals surface area contributed by atoms with Crippen molar-refractivity contribution in [3.8, 4) is 17.2 Å². The molecule has 3 unspecified atom stereocenters. The van der Waals surface area contributed by atoms with Gasteiger partial charge in [-0.1, -0.05) is 25.1 Å². The summed E-state index contributed by atoms with van der Waals surface area (Å²) < 4.78 is 16.4. The van der Waals surface area contributed by atoms with Crippen LogP contribution in [0.2, 0.25) is 0 Å². The molecule has 2 aromatic carbocycles. The fraction of sp³-hybridized carbons (Fsp3) is 0.393. The van der Waals surface area contributed by atoms with Gasteiger partial charge in [-0.05, 0) is 47.9 Å². The van der Waals surface area contributed by atoms with Crippen molar-refractivity contribution in [1.29, 1.82) is 0 Å². The molecule has 3 atom stereocenters. The van der Waals surface area contributed by atoms with Crippen molar-refractivity contribution in [2.45, 2.75) is 25.3 Å². The fourth-order valence-corrected chi connectivity index (χ4v) is 5.43. The van der Waals surface area contributed by atoms with Crippen LogP contribution >= 0.6 is 0 Å². The number of likely N-dealkylation sites (tertiary alicyclic amines) is 1. The number of hydrogen-bond donors (Lipinski definition) is 1. The van der Waals surface area contributed by atoms with Crippen LogP contribution in [-0.4, -0.2) is 66.0 Å². The standard InChI is InChI=1S/C28H32N4O5/c1-3-13-31(28-29-11-4-12-30-28)14-15-32-17-22(20-7-10-23-24(16-20)37-18-36-23)25(27(33)34)26(32)19-5-8-21(35-2)9-6-19/h4-12,16,22,25-26H,3,13-15,17-18H2,1-2H3,(H,33,34). The van der Waals surface area contributed by atoms with Gasteiger partial charge in [0.25, 0.3) is 0 Å². The molecule has 0 amide bonds.